The summed E-state index contributed by atoms with van der Waals surface area (Å²) in [5, 5.41) is 0. The first kappa shape index (κ1) is 16.2. The van der Waals surface area contributed by atoms with Crippen LogP contribution in [0.1, 0.15) is 41.3 Å². The molecule has 0 N–H and O–H groups in total. The van der Waals surface area contributed by atoms with Gasteiger partial charge in [0, 0.05) is 51.2 Å². The first-order chi connectivity index (χ1) is 12.3. The zero-order valence-electron chi connectivity index (χ0n) is 14.5. The normalized spacial score (nSPS) is 18.6. The van der Waals surface area contributed by atoms with Crippen LogP contribution in [0.4, 0.5) is 0 Å². The molecule has 0 aliphatic carbocycles. The van der Waals surface area contributed by atoms with E-state index in [0.29, 0.717) is 18.8 Å². The van der Waals surface area contributed by atoms with Gasteiger partial charge in [-0.3, -0.25) is 14.7 Å². The Bertz CT molecular complexity index is 722. The molecule has 0 atom stereocenters. The van der Waals surface area contributed by atoms with Gasteiger partial charge >= 0.3 is 0 Å². The second kappa shape index (κ2) is 7.31. The molecule has 132 valence electrons. The Morgan fingerprint density at radius 1 is 0.960 bits per heavy atom. The summed E-state index contributed by atoms with van der Waals surface area (Å²) in [6.45, 7) is 5.48. The first-order valence-corrected chi connectivity index (χ1v) is 9.12. The molecule has 25 heavy (non-hydrogen) atoms. The van der Waals surface area contributed by atoms with E-state index in [0.717, 1.165) is 25.3 Å². The van der Waals surface area contributed by atoms with Crippen LogP contribution >= 0.6 is 0 Å². The summed E-state index contributed by atoms with van der Waals surface area (Å²) in [4.78, 5) is 29.7. The van der Waals surface area contributed by atoms with E-state index in [4.69, 9.17) is 0 Å². The van der Waals surface area contributed by atoms with Gasteiger partial charge in [-0.1, -0.05) is 6.42 Å². The quantitative estimate of drug-likeness (QED) is 0.844. The minimum Gasteiger partial charge on any atom is -0.335 e. The Labute approximate surface area is 147 Å². The van der Waals surface area contributed by atoms with Crippen molar-refractivity contribution in [2.24, 2.45) is 0 Å². The number of hydrogen-bond acceptors (Lipinski definition) is 5. The number of aromatic nitrogens is 4. The number of amides is 1. The zero-order chi connectivity index (χ0) is 17.1. The van der Waals surface area contributed by atoms with Crippen molar-refractivity contribution in [1.29, 1.82) is 0 Å². The predicted octanol–water partition coefficient (Wildman–Crippen LogP) is 1.36. The number of carbonyl (C=O) groups is 1. The smallest absolute Gasteiger partial charge is 0.274 e. The lowest BCUT2D eigenvalue weighted by molar-refractivity contribution is 0.0752. The van der Waals surface area contributed by atoms with Crippen molar-refractivity contribution in [3.8, 4) is 0 Å². The van der Waals surface area contributed by atoms with E-state index in [1.165, 1.54) is 44.2 Å². The van der Waals surface area contributed by atoms with Crippen molar-refractivity contribution >= 4 is 5.91 Å². The molecule has 0 radical (unpaired) electrons. The lowest BCUT2D eigenvalue weighted by Gasteiger charge is -2.26. The van der Waals surface area contributed by atoms with E-state index in [2.05, 4.69) is 24.4 Å². The molecule has 2 aromatic rings. The monoisotopic (exact) mass is 340 g/mol. The molecule has 0 bridgehead atoms. The van der Waals surface area contributed by atoms with Crippen molar-refractivity contribution < 1.29 is 4.79 Å². The van der Waals surface area contributed by atoms with Gasteiger partial charge in [0.25, 0.3) is 5.91 Å². The SMILES string of the molecule is O=C(c1cnccn1)N1CCc2ncc(CN3CCCCC3)n2CC1. The van der Waals surface area contributed by atoms with E-state index < -0.39 is 0 Å². The minimum absolute atomic E-state index is 0.0450. The summed E-state index contributed by atoms with van der Waals surface area (Å²) in [7, 11) is 0. The lowest BCUT2D eigenvalue weighted by Crippen LogP contribution is -2.34. The van der Waals surface area contributed by atoms with Crippen molar-refractivity contribution in [1.82, 2.24) is 29.3 Å². The summed E-state index contributed by atoms with van der Waals surface area (Å²) in [5.41, 5.74) is 1.68. The molecule has 4 heterocycles. The fraction of sp³-hybridized carbons (Fsp3) is 0.556. The molecule has 1 saturated heterocycles. The molecule has 7 heteroatoms. The molecule has 1 amide bonds. The van der Waals surface area contributed by atoms with Crippen LogP contribution in [0.25, 0.3) is 0 Å². The second-order valence-electron chi connectivity index (χ2n) is 6.79. The largest absolute Gasteiger partial charge is 0.335 e. The lowest BCUT2D eigenvalue weighted by atomic mass is 10.1. The van der Waals surface area contributed by atoms with E-state index >= 15 is 0 Å². The maximum Gasteiger partial charge on any atom is 0.274 e. The van der Waals surface area contributed by atoms with Gasteiger partial charge < -0.3 is 9.47 Å². The highest BCUT2D eigenvalue weighted by molar-refractivity contribution is 5.91. The van der Waals surface area contributed by atoms with E-state index in [1.54, 1.807) is 12.4 Å². The van der Waals surface area contributed by atoms with Crippen LogP contribution in [-0.4, -0.2) is 61.4 Å². The molecule has 0 saturated carbocycles. The van der Waals surface area contributed by atoms with Gasteiger partial charge in [-0.05, 0) is 25.9 Å². The number of likely N-dealkylation sites (tertiary alicyclic amines) is 1. The highest BCUT2D eigenvalue weighted by atomic mass is 16.2. The number of hydrogen-bond donors (Lipinski definition) is 0. The highest BCUT2D eigenvalue weighted by Gasteiger charge is 2.23. The fourth-order valence-electron chi connectivity index (χ4n) is 3.74. The maximum absolute atomic E-state index is 12.6. The molecule has 1 fully saturated rings. The van der Waals surface area contributed by atoms with Crippen LogP contribution in [0, 0.1) is 0 Å². The van der Waals surface area contributed by atoms with Crippen LogP contribution in [-0.2, 0) is 19.5 Å². The molecule has 0 unspecified atom stereocenters. The highest BCUT2D eigenvalue weighted by Crippen LogP contribution is 2.17. The fourth-order valence-corrected chi connectivity index (χ4v) is 3.74. The zero-order valence-corrected chi connectivity index (χ0v) is 14.5. The third-order valence-electron chi connectivity index (χ3n) is 5.12. The Kier molecular flexibility index (Phi) is 4.74. The van der Waals surface area contributed by atoms with E-state index in [-0.39, 0.29) is 5.91 Å². The van der Waals surface area contributed by atoms with Crippen LogP contribution in [0.2, 0.25) is 0 Å². The average Bonchev–Trinajstić information content (AvgIpc) is 2.91. The number of imidazole rings is 1. The van der Waals surface area contributed by atoms with Gasteiger partial charge in [0.05, 0.1) is 11.9 Å². The van der Waals surface area contributed by atoms with Gasteiger partial charge in [-0.2, -0.15) is 0 Å². The minimum atomic E-state index is -0.0450. The molecule has 2 aliphatic heterocycles. The van der Waals surface area contributed by atoms with Crippen molar-refractivity contribution in [3.63, 3.8) is 0 Å². The molecular weight excluding hydrogens is 316 g/mol. The van der Waals surface area contributed by atoms with Gasteiger partial charge in [-0.15, -0.1) is 0 Å². The molecule has 0 aromatic carbocycles. The maximum atomic E-state index is 12.6. The predicted molar refractivity (Wildman–Crippen MR) is 93.0 cm³/mol. The molecular formula is C18H24N6O. The number of rotatable bonds is 3. The average molecular weight is 340 g/mol. The van der Waals surface area contributed by atoms with Gasteiger partial charge in [0.2, 0.25) is 0 Å². The van der Waals surface area contributed by atoms with Crippen molar-refractivity contribution in [3.05, 3.63) is 42.0 Å². The standard InChI is InChI=1S/C18H24N6O/c25-18(16-13-19-5-6-20-16)23-9-4-17-21-12-15(24(17)11-10-23)14-22-7-2-1-3-8-22/h5-6,12-13H,1-4,7-11,14H2. The Hall–Kier alpha value is -2.28. The number of carbonyl (C=O) groups excluding carboxylic acids is 1. The second-order valence-corrected chi connectivity index (χ2v) is 6.79. The number of piperidine rings is 1. The van der Waals surface area contributed by atoms with Crippen LogP contribution in [0.15, 0.2) is 24.8 Å². The van der Waals surface area contributed by atoms with Crippen LogP contribution in [0.3, 0.4) is 0 Å². The topological polar surface area (TPSA) is 67.2 Å². The van der Waals surface area contributed by atoms with Crippen LogP contribution < -0.4 is 0 Å². The molecule has 4 rings (SSSR count). The Balaban J connectivity index is 1.44. The van der Waals surface area contributed by atoms with E-state index in [1.807, 2.05) is 11.1 Å². The summed E-state index contributed by atoms with van der Waals surface area (Å²) in [6, 6.07) is 0. The summed E-state index contributed by atoms with van der Waals surface area (Å²) < 4.78 is 2.30. The third kappa shape index (κ3) is 3.56. The van der Waals surface area contributed by atoms with E-state index in [9.17, 15) is 4.79 Å². The van der Waals surface area contributed by atoms with Gasteiger partial charge in [-0.25, -0.2) is 9.97 Å². The van der Waals surface area contributed by atoms with Gasteiger partial charge in [0.15, 0.2) is 0 Å². The molecule has 2 aliphatic rings. The Morgan fingerprint density at radius 2 is 1.84 bits per heavy atom. The summed E-state index contributed by atoms with van der Waals surface area (Å²) in [5.74, 6) is 1.04. The number of fused-ring (bicyclic) bond motifs is 1. The van der Waals surface area contributed by atoms with Crippen LogP contribution in [0.5, 0.6) is 0 Å². The summed E-state index contributed by atoms with van der Waals surface area (Å²) in [6.07, 6.45) is 11.4. The first-order valence-electron chi connectivity index (χ1n) is 9.12. The number of nitrogens with zero attached hydrogens (tertiary/aromatic N) is 6. The van der Waals surface area contributed by atoms with Gasteiger partial charge in [0.1, 0.15) is 11.5 Å². The third-order valence-corrected chi connectivity index (χ3v) is 5.12. The van der Waals surface area contributed by atoms with Crippen molar-refractivity contribution in [2.75, 3.05) is 26.2 Å². The molecule has 7 nitrogen and oxygen atoms in total. The molecule has 2 aromatic heterocycles. The summed E-state index contributed by atoms with van der Waals surface area (Å²) >= 11 is 0. The van der Waals surface area contributed by atoms with Crippen molar-refractivity contribution in [2.45, 2.75) is 38.8 Å². The molecule has 0 spiro atoms. The Morgan fingerprint density at radius 3 is 2.64 bits per heavy atom.